The van der Waals surface area contributed by atoms with Gasteiger partial charge in [0, 0.05) is 100 Å². The Hall–Kier alpha value is -7.83. The fourth-order valence-corrected chi connectivity index (χ4v) is 23.6. The number of ether oxygens (including phenoxy) is 5. The summed E-state index contributed by atoms with van der Waals surface area (Å²) >= 11 is 29.0. The van der Waals surface area contributed by atoms with Gasteiger partial charge in [-0.05, 0) is 223 Å². The Kier molecular flexibility index (Phi) is 35.8. The Morgan fingerprint density at radius 1 is 0.415 bits per heavy atom. The number of nitrogen functional groups attached to an aromatic ring is 3. The van der Waals surface area contributed by atoms with Gasteiger partial charge in [0.2, 0.25) is 60.1 Å². The van der Waals surface area contributed by atoms with Gasteiger partial charge in [-0.2, -0.15) is 11.1 Å². The number of benzene rings is 9. The first-order valence-corrected chi connectivity index (χ1v) is 51.6. The molecule has 6 N–H and O–H groups in total. The predicted octanol–water partition coefficient (Wildman–Crippen LogP) is 19.0. The van der Waals surface area contributed by atoms with Crippen molar-refractivity contribution in [1.82, 2.24) is 0 Å². The monoisotopic (exact) mass is 2140 g/mol. The van der Waals surface area contributed by atoms with Crippen LogP contribution in [-0.2, 0) is 80.6 Å². The zero-order valence-electron chi connectivity index (χ0n) is 69.4. The van der Waals surface area contributed by atoms with Gasteiger partial charge >= 0.3 is 0 Å². The van der Waals surface area contributed by atoms with E-state index in [0.717, 1.165) is 129 Å². The Morgan fingerprint density at radius 2 is 0.756 bits per heavy atom. The van der Waals surface area contributed by atoms with Crippen LogP contribution in [0.25, 0.3) is 22.3 Å². The zero-order chi connectivity index (χ0) is 90.6. The van der Waals surface area contributed by atoms with Crippen LogP contribution >= 0.6 is 84.9 Å². The molecule has 0 atom stereocenters. The van der Waals surface area contributed by atoms with Crippen molar-refractivity contribution in [3.63, 3.8) is 0 Å². The first-order chi connectivity index (χ1) is 56.9. The van der Waals surface area contributed by atoms with Crippen LogP contribution < -0.4 is 52.0 Å². The van der Waals surface area contributed by atoms with Crippen LogP contribution in [0.3, 0.4) is 0 Å². The first kappa shape index (κ1) is 102. The summed E-state index contributed by atoms with van der Waals surface area (Å²) in [6.45, 7) is 6.04. The van der Waals surface area contributed by atoms with Crippen LogP contribution in [0, 0.1) is 48.5 Å². The molecule has 4 aliphatic carbocycles. The molecular formula is C86H94BrCl4IN6O18PdS6. The number of terminal acetylenes is 1. The van der Waals surface area contributed by atoms with Crippen molar-refractivity contribution in [2.75, 3.05) is 101 Å². The van der Waals surface area contributed by atoms with Crippen LogP contribution in [0.5, 0.6) is 28.7 Å². The van der Waals surface area contributed by atoms with Gasteiger partial charge in [0.25, 0.3) is 0 Å². The number of rotatable bonds is 19. The molecule has 0 bridgehead atoms. The van der Waals surface area contributed by atoms with Gasteiger partial charge in [-0.3, -0.25) is 0 Å². The van der Waals surface area contributed by atoms with Crippen molar-refractivity contribution in [3.05, 3.63) is 235 Å². The molecule has 0 spiro atoms. The van der Waals surface area contributed by atoms with Crippen molar-refractivity contribution >= 4 is 190 Å². The van der Waals surface area contributed by atoms with Crippen LogP contribution in [0.15, 0.2) is 161 Å². The van der Waals surface area contributed by atoms with Crippen molar-refractivity contribution in [1.29, 1.82) is 0 Å². The van der Waals surface area contributed by atoms with Gasteiger partial charge in [0.05, 0.1) is 119 Å². The standard InChI is InChI=1S/C21H23NO5S2.C20H20INO5S2.C12H16ClNO5S2.C10H12ClNO.C9H8.C7H7BrClNO.C7H8ClNO.Pd/c1-15-5-7-16(8-6-15)9-10-18-13-19(17-11-12-17)20(14-21(18)27-2)22(28(3,23)24)29(4,25)26;1-12-4-6-14(7-5-12)20-19(21)16-10-15(13-8-9-13)17(11-18(16)27-20)22(28(2,23)24)29(3,25)26;1-19-12-7-11(9(6-10(12)13)8-4-5-8)14(20(2,15)16)21(3,17)18;1-13-10-5-9(12)7(4-8(10)11)6-2-3-6;1-3-9-6-4-8(2)5-7-9;1-11-7-3-6(10)4(8)2-5(7)9;1-10-7-4-5(9)2-3-6(7)8;/h5-8,13-14,17H,11-12H2,1-4H3;4-7,10-11,13H,8-9H2,1-3H3;6-8H,4-5H2,1-3H3;4-6H,2-3,12H2,1H3;1,4-7H,2H3;2-3H,10H2,1H3;2-4H,9H2,1H3;. The smallest absolute Gasteiger partial charge is 0.245 e. The molecule has 0 radical (unpaired) electrons. The maximum atomic E-state index is 12.4. The molecule has 24 nitrogen and oxygen atoms in total. The van der Waals surface area contributed by atoms with Gasteiger partial charge < -0.3 is 45.3 Å². The number of halogens is 6. The molecule has 37 heteroatoms. The third-order valence-corrected chi connectivity index (χ3v) is 31.2. The van der Waals surface area contributed by atoms with Gasteiger partial charge in [-0.15, -0.1) is 6.42 Å². The molecule has 4 aliphatic rings. The molecule has 1 heterocycles. The normalized spacial score (nSPS) is 13.5. The molecule has 0 aliphatic heterocycles. The van der Waals surface area contributed by atoms with E-state index in [4.69, 9.17) is 98.1 Å². The molecular weight excluding hydrogens is 2050 g/mol. The fourth-order valence-electron chi connectivity index (χ4n) is 12.3. The second kappa shape index (κ2) is 43.1. The zero-order valence-corrected chi connectivity index (χ0v) is 82.7. The van der Waals surface area contributed by atoms with Crippen molar-refractivity contribution in [2.45, 2.75) is 95.8 Å². The molecule has 9 aromatic carbocycles. The van der Waals surface area contributed by atoms with Crippen LogP contribution in [0.2, 0.25) is 20.1 Å². The number of anilines is 6. The van der Waals surface area contributed by atoms with Gasteiger partial charge in [-0.25, -0.2) is 50.5 Å². The number of sulfonamides is 6. The van der Waals surface area contributed by atoms with E-state index < -0.39 is 60.1 Å². The van der Waals surface area contributed by atoms with Crippen molar-refractivity contribution < 1.29 is 99.0 Å². The number of nitrogens with two attached hydrogens (primary N) is 3. The van der Waals surface area contributed by atoms with Crippen LogP contribution in [0.4, 0.5) is 34.1 Å². The maximum absolute atomic E-state index is 12.4. The number of nitrogens with zero attached hydrogens (tertiary/aromatic N) is 3. The van der Waals surface area contributed by atoms with Gasteiger partial charge in [-0.1, -0.05) is 129 Å². The maximum Gasteiger partial charge on any atom is 0.245 e. The second-order valence-electron chi connectivity index (χ2n) is 29.1. The molecule has 0 unspecified atom stereocenters. The third-order valence-electron chi connectivity index (χ3n) is 18.6. The largest absolute Gasteiger partial charge is 0.495 e. The third kappa shape index (κ3) is 28.6. The van der Waals surface area contributed by atoms with Gasteiger partial charge in [0.1, 0.15) is 40.1 Å². The van der Waals surface area contributed by atoms with Crippen molar-refractivity contribution in [3.8, 4) is 64.3 Å². The Balaban J connectivity index is 0.000000206. The molecule has 4 saturated carbocycles. The number of furan rings is 1. The first-order valence-electron chi connectivity index (χ1n) is 37.1. The molecule has 1 aromatic heterocycles. The number of fused-ring (bicyclic) bond motifs is 1. The summed E-state index contributed by atoms with van der Waals surface area (Å²) in [5.41, 5.74) is 29.7. The molecule has 10 aromatic rings. The minimum absolute atomic E-state index is 0. The van der Waals surface area contributed by atoms with E-state index in [2.05, 4.69) is 56.3 Å². The van der Waals surface area contributed by atoms with Crippen LogP contribution in [-0.4, -0.2) is 124 Å². The second-order valence-corrected chi connectivity index (χ2v) is 44.3. The Bertz CT molecular complexity index is 6280. The average molecular weight is 2150 g/mol. The number of aryl methyl sites for hydroxylation is 3. The molecule has 0 amide bonds. The van der Waals surface area contributed by atoms with Gasteiger partial charge in [0.15, 0.2) is 0 Å². The molecule has 4 fully saturated rings. The number of methoxy groups -OCH3 is 5. The Morgan fingerprint density at radius 3 is 1.15 bits per heavy atom. The average Bonchev–Trinajstić information content (AvgIpc) is 1.71. The van der Waals surface area contributed by atoms with Crippen LogP contribution in [0.1, 0.15) is 131 Å². The van der Waals surface area contributed by atoms with Crippen molar-refractivity contribution in [2.24, 2.45) is 0 Å². The fraction of sp³-hybridized carbons (Fsp3) is 0.302. The summed E-state index contributed by atoms with van der Waals surface area (Å²) in [6.07, 6.45) is 18.2. The summed E-state index contributed by atoms with van der Waals surface area (Å²) < 4.78 is 181. The minimum Gasteiger partial charge on any atom is -0.495 e. The number of hydrogen-bond acceptors (Lipinski definition) is 21. The van der Waals surface area contributed by atoms with E-state index in [0.29, 0.717) is 99.5 Å². The molecule has 664 valence electrons. The van der Waals surface area contributed by atoms with E-state index in [1.54, 1.807) is 75.9 Å². The summed E-state index contributed by atoms with van der Waals surface area (Å²) in [5.74, 6) is 12.8. The summed E-state index contributed by atoms with van der Waals surface area (Å²) in [7, 11) is -16.6. The topological polar surface area (TPSA) is 352 Å². The summed E-state index contributed by atoms with van der Waals surface area (Å²) in [5, 5.41) is 2.96. The quantitative estimate of drug-likeness (QED) is 0.0293. The predicted molar refractivity (Wildman–Crippen MR) is 506 cm³/mol. The molecule has 0 saturated heterocycles. The van der Waals surface area contributed by atoms with E-state index in [1.807, 2.05) is 106 Å². The molecule has 14 rings (SSSR count). The number of hydrogen-bond donors (Lipinski definition) is 3. The SMILES string of the molecule is C#Cc1ccc(C)cc1.COc1cc(N(S(C)(=O)=O)S(C)(=O)=O)c(C2CC2)cc1C#Cc1ccc(C)cc1.COc1cc(N(S(C)(=O)=O)S(C)(=O)=O)c(C2CC2)cc1Cl.COc1cc(N)c(Br)cc1Cl.COc1cc(N)c(C2CC2)cc1Cl.COc1cc(N)ccc1Cl.Cc1ccc(-c2oc3cc(N(S(C)(=O)=O)S(C)(=O)=O)c(C4CC4)cc3c2I)cc1.[Pd]. The van der Waals surface area contributed by atoms with E-state index in [9.17, 15) is 50.5 Å². The van der Waals surface area contributed by atoms with E-state index in [-0.39, 0.29) is 61.0 Å². The summed E-state index contributed by atoms with van der Waals surface area (Å²) in [4.78, 5) is 0. The minimum atomic E-state index is -4.05. The summed E-state index contributed by atoms with van der Waals surface area (Å²) in [6, 6.07) is 45.4. The van der Waals surface area contributed by atoms with E-state index in [1.165, 1.54) is 50.3 Å². The van der Waals surface area contributed by atoms with E-state index >= 15 is 0 Å². The molecule has 123 heavy (non-hydrogen) atoms. The Labute approximate surface area is 778 Å².